The molecule has 0 bridgehead atoms. The smallest absolute Gasteiger partial charge is 0.410 e. The number of carbonyl (C=O) groups is 3. The molecule has 9 nitrogen and oxygen atoms in total. The monoisotopic (exact) mass is 610 g/mol. The minimum absolute atomic E-state index is 0.00272. The summed E-state index contributed by atoms with van der Waals surface area (Å²) in [7, 11) is 0. The number of halogens is 1. The topological polar surface area (TPSA) is 103 Å². The number of aromatic nitrogens is 1. The second-order valence-electron chi connectivity index (χ2n) is 12.3. The predicted octanol–water partition coefficient (Wildman–Crippen LogP) is 5.39. The van der Waals surface area contributed by atoms with Crippen LogP contribution in [0, 0.1) is 0 Å². The Morgan fingerprint density at radius 2 is 1.90 bits per heavy atom. The summed E-state index contributed by atoms with van der Waals surface area (Å²) >= 11 is 8.24. The molecule has 1 unspecified atom stereocenters. The molecule has 1 aromatic carbocycles. The third-order valence-electron chi connectivity index (χ3n) is 8.18. The largest absolute Gasteiger partial charge is 0.444 e. The van der Waals surface area contributed by atoms with Gasteiger partial charge in [-0.2, -0.15) is 0 Å². The number of pyridine rings is 1. The van der Waals surface area contributed by atoms with Gasteiger partial charge in [0.25, 0.3) is 0 Å². The van der Waals surface area contributed by atoms with E-state index < -0.39 is 11.7 Å². The number of imide groups is 1. The molecule has 222 valence electrons. The first-order valence-corrected chi connectivity index (χ1v) is 15.6. The van der Waals surface area contributed by atoms with Gasteiger partial charge in [-0.3, -0.25) is 19.5 Å². The maximum absolute atomic E-state index is 13.1. The van der Waals surface area contributed by atoms with Gasteiger partial charge in [0, 0.05) is 64.9 Å². The van der Waals surface area contributed by atoms with E-state index >= 15 is 0 Å². The number of anilines is 1. The summed E-state index contributed by atoms with van der Waals surface area (Å²) in [5, 5.41) is 10.8. The van der Waals surface area contributed by atoms with Crippen LogP contribution in [0.2, 0.25) is 5.02 Å². The summed E-state index contributed by atoms with van der Waals surface area (Å²) in [6, 6.07) is 7.64. The van der Waals surface area contributed by atoms with Gasteiger partial charge in [0.2, 0.25) is 11.8 Å². The van der Waals surface area contributed by atoms with Gasteiger partial charge in [-0.1, -0.05) is 11.6 Å². The van der Waals surface area contributed by atoms with Crippen molar-refractivity contribution in [1.29, 1.82) is 0 Å². The van der Waals surface area contributed by atoms with E-state index in [9.17, 15) is 19.5 Å². The molecule has 3 aliphatic heterocycles. The first-order chi connectivity index (χ1) is 20.0. The second kappa shape index (κ2) is 11.1. The molecule has 0 spiro atoms. The number of benzene rings is 1. The van der Waals surface area contributed by atoms with Gasteiger partial charge in [0.05, 0.1) is 29.4 Å². The number of aliphatic hydroxyl groups excluding tert-OH is 1. The van der Waals surface area contributed by atoms with Crippen molar-refractivity contribution in [2.45, 2.75) is 77.1 Å². The van der Waals surface area contributed by atoms with Gasteiger partial charge in [0.15, 0.2) is 0 Å². The molecule has 11 heteroatoms. The van der Waals surface area contributed by atoms with Gasteiger partial charge in [0.1, 0.15) is 5.60 Å². The fourth-order valence-corrected chi connectivity index (χ4v) is 7.75. The molecule has 2 atom stereocenters. The molecule has 0 aliphatic carbocycles. The van der Waals surface area contributed by atoms with Crippen molar-refractivity contribution in [1.82, 2.24) is 14.8 Å². The number of likely N-dealkylation sites (tertiary alicyclic amines) is 2. The number of aryl methyl sites for hydroxylation is 1. The van der Waals surface area contributed by atoms with Crippen LogP contribution in [0.5, 0.6) is 0 Å². The van der Waals surface area contributed by atoms with Crippen molar-refractivity contribution < 1.29 is 24.2 Å². The van der Waals surface area contributed by atoms with Gasteiger partial charge in [-0.25, -0.2) is 4.79 Å². The molecule has 1 N–H and O–H groups in total. The number of aliphatic hydroxyl groups is 1. The normalized spacial score (nSPS) is 21.0. The van der Waals surface area contributed by atoms with E-state index in [1.54, 1.807) is 22.4 Å². The number of amides is 3. The van der Waals surface area contributed by atoms with Crippen LogP contribution < -0.4 is 4.90 Å². The van der Waals surface area contributed by atoms with Crippen LogP contribution in [-0.2, 0) is 27.3 Å². The predicted molar refractivity (Wildman–Crippen MR) is 163 cm³/mol. The standard InChI is InChI=1S/C31H35ClN4O5S/c1-31(2,3)41-30(40)35-15-20(13-21(35)17-37)34-10-4-5-18-11-19(32)12-24(28(18)34)23-8-9-33-25-14-22(42-29(23)25)16-36-26(38)6-7-27(36)39/h8-9,11-12,14,20-21,37H,4-7,10,13,15-17H2,1-3H3/t20?,21-/m1/s1. The van der Waals surface area contributed by atoms with Crippen LogP contribution >= 0.6 is 22.9 Å². The zero-order chi connectivity index (χ0) is 29.8. The first kappa shape index (κ1) is 28.9. The Morgan fingerprint density at radius 1 is 1.14 bits per heavy atom. The summed E-state index contributed by atoms with van der Waals surface area (Å²) in [4.78, 5) is 48.4. The van der Waals surface area contributed by atoms with E-state index in [1.807, 2.05) is 45.0 Å². The van der Waals surface area contributed by atoms with E-state index in [0.29, 0.717) is 18.0 Å². The zero-order valence-electron chi connectivity index (χ0n) is 24.1. The maximum Gasteiger partial charge on any atom is 0.410 e. The van der Waals surface area contributed by atoms with Crippen LogP contribution in [0.3, 0.4) is 0 Å². The van der Waals surface area contributed by atoms with Crippen molar-refractivity contribution in [3.63, 3.8) is 0 Å². The van der Waals surface area contributed by atoms with E-state index in [2.05, 4.69) is 9.88 Å². The molecule has 2 fully saturated rings. The van der Waals surface area contributed by atoms with Crippen molar-refractivity contribution in [3.8, 4) is 11.1 Å². The molecule has 0 saturated carbocycles. The number of carbonyl (C=O) groups excluding carboxylic acids is 3. The van der Waals surface area contributed by atoms with Crippen LogP contribution in [0.25, 0.3) is 21.3 Å². The van der Waals surface area contributed by atoms with Crippen molar-refractivity contribution >= 4 is 56.7 Å². The van der Waals surface area contributed by atoms with E-state index in [-0.39, 0.29) is 49.9 Å². The fourth-order valence-electron chi connectivity index (χ4n) is 6.38. The number of hydrogen-bond donors (Lipinski definition) is 1. The summed E-state index contributed by atoms with van der Waals surface area (Å²) in [6.07, 6.45) is 4.37. The van der Waals surface area contributed by atoms with Gasteiger partial charge < -0.3 is 19.6 Å². The molecule has 5 heterocycles. The van der Waals surface area contributed by atoms with Gasteiger partial charge in [-0.05, 0) is 69.9 Å². The number of ether oxygens (including phenoxy) is 1. The maximum atomic E-state index is 13.1. The lowest BCUT2D eigenvalue weighted by atomic mass is 9.92. The number of thiophene rings is 1. The van der Waals surface area contributed by atoms with Crippen molar-refractivity contribution in [2.75, 3.05) is 24.6 Å². The van der Waals surface area contributed by atoms with Crippen LogP contribution in [0.15, 0.2) is 30.5 Å². The summed E-state index contributed by atoms with van der Waals surface area (Å²) < 4.78 is 6.64. The molecular formula is C31H35ClN4O5S. The molecule has 6 rings (SSSR count). The minimum atomic E-state index is -0.627. The highest BCUT2D eigenvalue weighted by Gasteiger charge is 2.41. The molecule has 42 heavy (non-hydrogen) atoms. The number of rotatable bonds is 5. The number of nitrogens with zero attached hydrogens (tertiary/aromatic N) is 4. The van der Waals surface area contributed by atoms with Gasteiger partial charge >= 0.3 is 6.09 Å². The lowest BCUT2D eigenvalue weighted by Crippen LogP contribution is -2.44. The SMILES string of the molecule is CC(C)(C)OC(=O)N1CC(N2CCCc3cc(Cl)cc(-c4ccnc5cc(CN6C(=O)CCC6=O)sc45)c32)C[C@@H]1CO. The van der Waals surface area contributed by atoms with Crippen LogP contribution in [0.4, 0.5) is 10.5 Å². The van der Waals surface area contributed by atoms with E-state index in [4.69, 9.17) is 16.3 Å². The third-order valence-corrected chi connectivity index (χ3v) is 9.54. The Balaban J connectivity index is 1.37. The Bertz CT molecular complexity index is 1550. The molecule has 2 saturated heterocycles. The first-order valence-electron chi connectivity index (χ1n) is 14.4. The molecule has 3 aromatic rings. The second-order valence-corrected chi connectivity index (χ2v) is 13.8. The van der Waals surface area contributed by atoms with E-state index in [1.165, 1.54) is 4.90 Å². The molecular weight excluding hydrogens is 576 g/mol. The van der Waals surface area contributed by atoms with Crippen LogP contribution in [-0.4, -0.2) is 75.2 Å². The Kier molecular flexibility index (Phi) is 7.66. The average Bonchev–Trinajstić information content (AvgIpc) is 3.64. The molecule has 2 aromatic heterocycles. The van der Waals surface area contributed by atoms with Gasteiger partial charge in [-0.15, -0.1) is 11.3 Å². The number of fused-ring (bicyclic) bond motifs is 2. The third kappa shape index (κ3) is 5.47. The Hall–Kier alpha value is -3.21. The lowest BCUT2D eigenvalue weighted by Gasteiger charge is -2.38. The molecule has 3 aliphatic rings. The van der Waals surface area contributed by atoms with Crippen molar-refractivity contribution in [2.24, 2.45) is 0 Å². The average molecular weight is 611 g/mol. The highest BCUT2D eigenvalue weighted by Crippen LogP contribution is 2.45. The zero-order valence-corrected chi connectivity index (χ0v) is 25.6. The van der Waals surface area contributed by atoms with E-state index in [0.717, 1.165) is 56.9 Å². The van der Waals surface area contributed by atoms with Crippen molar-refractivity contribution in [3.05, 3.63) is 45.9 Å². The van der Waals surface area contributed by atoms with Crippen LogP contribution in [0.1, 0.15) is 56.9 Å². The minimum Gasteiger partial charge on any atom is -0.444 e. The fraction of sp³-hybridized carbons (Fsp3) is 0.484. The number of hydrogen-bond acceptors (Lipinski definition) is 8. The Labute approximate surface area is 254 Å². The molecule has 0 radical (unpaired) electrons. The summed E-state index contributed by atoms with van der Waals surface area (Å²) in [5.74, 6) is -0.272. The lowest BCUT2D eigenvalue weighted by molar-refractivity contribution is -0.139. The quantitative estimate of drug-likeness (QED) is 0.386. The summed E-state index contributed by atoms with van der Waals surface area (Å²) in [6.45, 7) is 6.92. The summed E-state index contributed by atoms with van der Waals surface area (Å²) in [5.41, 5.74) is 4.39. The molecule has 3 amide bonds. The highest BCUT2D eigenvalue weighted by molar-refractivity contribution is 7.19. The highest BCUT2D eigenvalue weighted by atomic mass is 35.5. The Morgan fingerprint density at radius 3 is 2.62 bits per heavy atom.